The van der Waals surface area contributed by atoms with Crippen molar-refractivity contribution in [1.29, 1.82) is 0 Å². The van der Waals surface area contributed by atoms with E-state index in [-0.39, 0.29) is 35.3 Å². The number of carbonyl (C=O) groups excluding carboxylic acids is 3. The van der Waals surface area contributed by atoms with E-state index >= 15 is 0 Å². The topological polar surface area (TPSA) is 93.2 Å². The highest BCUT2D eigenvalue weighted by Crippen LogP contribution is 2.28. The minimum atomic E-state index is -0.786. The van der Waals surface area contributed by atoms with Gasteiger partial charge in [-0.2, -0.15) is 0 Å². The van der Waals surface area contributed by atoms with E-state index in [0.717, 1.165) is 6.92 Å². The summed E-state index contributed by atoms with van der Waals surface area (Å²) in [5.41, 5.74) is 0.523. The van der Waals surface area contributed by atoms with Crippen molar-refractivity contribution >= 4 is 29.2 Å². The van der Waals surface area contributed by atoms with Gasteiger partial charge in [0.15, 0.2) is 5.78 Å². The maximum absolute atomic E-state index is 14.6. The summed E-state index contributed by atoms with van der Waals surface area (Å²) >= 11 is 0. The molecular formula is C18H17FN3O5-. The number of carbonyl (C=O) groups is 3. The molecule has 1 aromatic carbocycles. The van der Waals surface area contributed by atoms with Crippen molar-refractivity contribution in [3.63, 3.8) is 0 Å². The molecule has 0 N–H and O–H groups in total. The number of halogens is 1. The van der Waals surface area contributed by atoms with Crippen molar-refractivity contribution in [2.75, 3.05) is 29.4 Å². The van der Waals surface area contributed by atoms with Gasteiger partial charge in [0.05, 0.1) is 17.9 Å². The van der Waals surface area contributed by atoms with Gasteiger partial charge in [0.2, 0.25) is 5.91 Å². The molecule has 0 aromatic heterocycles. The molecule has 3 rings (SSSR count). The van der Waals surface area contributed by atoms with Crippen LogP contribution >= 0.6 is 0 Å². The van der Waals surface area contributed by atoms with Gasteiger partial charge in [-0.15, -0.1) is 0 Å². The summed E-state index contributed by atoms with van der Waals surface area (Å²) in [6, 6.07) is 4.23. The van der Waals surface area contributed by atoms with Crippen molar-refractivity contribution in [1.82, 2.24) is 5.06 Å². The van der Waals surface area contributed by atoms with Crippen molar-refractivity contribution in [3.8, 4) is 0 Å². The molecule has 0 spiro atoms. The fraction of sp³-hybridized carbons (Fsp3) is 0.278. The van der Waals surface area contributed by atoms with Gasteiger partial charge in [0, 0.05) is 32.3 Å². The Bertz CT molecular complexity index is 838. The Labute approximate surface area is 154 Å². The maximum atomic E-state index is 14.6. The smallest absolute Gasteiger partial charge is 0.414 e. The molecule has 0 radical (unpaired) electrons. The fourth-order valence-corrected chi connectivity index (χ4v) is 2.78. The quantitative estimate of drug-likeness (QED) is 0.748. The summed E-state index contributed by atoms with van der Waals surface area (Å²) < 4.78 is 19.7. The lowest BCUT2D eigenvalue weighted by atomic mass is 10.2. The molecule has 0 aliphatic carbocycles. The van der Waals surface area contributed by atoms with Crippen LogP contribution in [0.3, 0.4) is 0 Å². The molecule has 0 bridgehead atoms. The molecule has 1 fully saturated rings. The minimum absolute atomic E-state index is 0.0322. The molecule has 27 heavy (non-hydrogen) atoms. The predicted molar refractivity (Wildman–Crippen MR) is 95.4 cm³/mol. The summed E-state index contributed by atoms with van der Waals surface area (Å²) in [5, 5.41) is 11.6. The van der Waals surface area contributed by atoms with Crippen molar-refractivity contribution in [3.05, 3.63) is 53.7 Å². The minimum Gasteiger partial charge on any atom is -0.756 e. The molecule has 2 aliphatic heterocycles. The molecule has 8 nitrogen and oxygen atoms in total. The second-order valence-corrected chi connectivity index (χ2v) is 6.11. The average molecular weight is 374 g/mol. The zero-order valence-corrected chi connectivity index (χ0v) is 14.5. The second-order valence-electron chi connectivity index (χ2n) is 6.11. The number of hydrogen-bond donors (Lipinski definition) is 0. The molecule has 2 heterocycles. The largest absolute Gasteiger partial charge is 0.756 e. The lowest BCUT2D eigenvalue weighted by molar-refractivity contribution is -0.127. The number of hydroxylamine groups is 2. The first kappa shape index (κ1) is 18.6. The molecular weight excluding hydrogens is 357 g/mol. The number of benzene rings is 1. The van der Waals surface area contributed by atoms with Gasteiger partial charge in [-0.25, -0.2) is 9.18 Å². The van der Waals surface area contributed by atoms with Gasteiger partial charge >= 0.3 is 6.09 Å². The highest BCUT2D eigenvalue weighted by molar-refractivity contribution is 6.00. The highest BCUT2D eigenvalue weighted by Gasteiger charge is 2.33. The number of nitrogens with zero attached hydrogens (tertiary/aromatic N) is 3. The van der Waals surface area contributed by atoms with E-state index in [1.54, 1.807) is 17.0 Å². The predicted octanol–water partition coefficient (Wildman–Crippen LogP) is 1.96. The van der Waals surface area contributed by atoms with Crippen LogP contribution in [0.4, 0.5) is 20.6 Å². The van der Waals surface area contributed by atoms with E-state index in [0.29, 0.717) is 6.54 Å². The fourth-order valence-electron chi connectivity index (χ4n) is 2.78. The van der Waals surface area contributed by atoms with Gasteiger partial charge in [-0.3, -0.25) is 14.5 Å². The highest BCUT2D eigenvalue weighted by atomic mass is 19.1. The van der Waals surface area contributed by atoms with Crippen LogP contribution in [0, 0.1) is 11.0 Å². The Morgan fingerprint density at radius 3 is 2.85 bits per heavy atom. The number of ketones is 1. The number of hydrogen-bond acceptors (Lipinski definition) is 6. The first-order valence-corrected chi connectivity index (χ1v) is 8.23. The standard InChI is InChI=1S/C18H17FN3O5/c1-12(23)22(26)11-15-10-21(18(25)27-15)13-4-5-17(16(19)9-13)20-7-2-3-14(24)6-8-20/h2-6,8-9,15H,7,10-11H2,1H3/q-1. The molecule has 2 aliphatic rings. The number of anilines is 2. The van der Waals surface area contributed by atoms with E-state index in [1.807, 2.05) is 0 Å². The number of rotatable bonds is 4. The zero-order chi connectivity index (χ0) is 19.6. The maximum Gasteiger partial charge on any atom is 0.414 e. The first-order chi connectivity index (χ1) is 12.8. The third-order valence-electron chi connectivity index (χ3n) is 4.15. The molecule has 142 valence electrons. The third kappa shape index (κ3) is 4.14. The average Bonchev–Trinajstić information content (AvgIpc) is 2.83. The van der Waals surface area contributed by atoms with Crippen LogP contribution in [0.15, 0.2) is 42.6 Å². The molecule has 1 atom stereocenters. The molecule has 1 aromatic rings. The van der Waals surface area contributed by atoms with Crippen LogP contribution in [0.25, 0.3) is 0 Å². The number of cyclic esters (lactones) is 1. The summed E-state index contributed by atoms with van der Waals surface area (Å²) in [6.45, 7) is 1.20. The third-order valence-corrected chi connectivity index (χ3v) is 4.15. The van der Waals surface area contributed by atoms with E-state index in [9.17, 15) is 24.0 Å². The zero-order valence-electron chi connectivity index (χ0n) is 14.5. The van der Waals surface area contributed by atoms with Crippen LogP contribution in [-0.2, 0) is 14.3 Å². The number of amides is 2. The Hall–Kier alpha value is -3.20. The van der Waals surface area contributed by atoms with Crippen molar-refractivity contribution < 1.29 is 23.5 Å². The van der Waals surface area contributed by atoms with Gasteiger partial charge in [-0.05, 0) is 24.3 Å². The molecule has 1 saturated heterocycles. The van der Waals surface area contributed by atoms with Crippen LogP contribution in [0.1, 0.15) is 6.92 Å². The summed E-state index contributed by atoms with van der Waals surface area (Å²) in [5.74, 6) is -1.44. The van der Waals surface area contributed by atoms with Gasteiger partial charge < -0.3 is 19.9 Å². The summed E-state index contributed by atoms with van der Waals surface area (Å²) in [4.78, 5) is 37.2. The van der Waals surface area contributed by atoms with E-state index in [2.05, 4.69) is 0 Å². The van der Waals surface area contributed by atoms with E-state index in [4.69, 9.17) is 4.74 Å². The van der Waals surface area contributed by atoms with Gasteiger partial charge in [0.25, 0.3) is 0 Å². The SMILES string of the molecule is CC(=O)N([O-])CC1CN(c2ccc(N3C=CC(=O)C=CC3)c(F)c2)C(=O)O1. The van der Waals surface area contributed by atoms with Gasteiger partial charge in [-0.1, -0.05) is 6.08 Å². The summed E-state index contributed by atoms with van der Waals surface area (Å²) in [7, 11) is 0. The monoisotopic (exact) mass is 374 g/mol. The lowest BCUT2D eigenvalue weighted by Crippen LogP contribution is -2.34. The van der Waals surface area contributed by atoms with E-state index in [1.165, 1.54) is 35.4 Å². The van der Waals surface area contributed by atoms with Crippen LogP contribution in [0.5, 0.6) is 0 Å². The van der Waals surface area contributed by atoms with Crippen molar-refractivity contribution in [2.45, 2.75) is 13.0 Å². The molecule has 2 amide bonds. The Balaban J connectivity index is 1.75. The summed E-state index contributed by atoms with van der Waals surface area (Å²) in [6.07, 6.45) is 4.36. The molecule has 9 heteroatoms. The normalized spacial score (nSPS) is 19.3. The lowest BCUT2D eigenvalue weighted by Gasteiger charge is -2.28. The number of allylic oxidation sites excluding steroid dienone is 2. The van der Waals surface area contributed by atoms with Crippen LogP contribution in [-0.4, -0.2) is 48.6 Å². The van der Waals surface area contributed by atoms with Crippen LogP contribution < -0.4 is 9.80 Å². The van der Waals surface area contributed by atoms with E-state index < -0.39 is 23.9 Å². The Kier molecular flexibility index (Phi) is 5.22. The molecule has 1 unspecified atom stereocenters. The molecule has 0 saturated carbocycles. The van der Waals surface area contributed by atoms with Gasteiger partial charge in [0.1, 0.15) is 11.9 Å². The van der Waals surface area contributed by atoms with Crippen molar-refractivity contribution in [2.24, 2.45) is 0 Å². The Morgan fingerprint density at radius 2 is 2.15 bits per heavy atom. The first-order valence-electron chi connectivity index (χ1n) is 8.23. The second kappa shape index (κ2) is 7.58. The van der Waals surface area contributed by atoms with Crippen LogP contribution in [0.2, 0.25) is 0 Å². The number of ether oxygens (including phenoxy) is 1. The Morgan fingerprint density at radius 1 is 1.37 bits per heavy atom.